The van der Waals surface area contributed by atoms with Gasteiger partial charge in [-0.25, -0.2) is 0 Å². The smallest absolute Gasteiger partial charge is 0.0628 e. The summed E-state index contributed by atoms with van der Waals surface area (Å²) in [7, 11) is 2.00. The Labute approximate surface area is 91.0 Å². The zero-order valence-corrected chi connectivity index (χ0v) is 9.53. The van der Waals surface area contributed by atoms with Gasteiger partial charge in [-0.15, -0.1) is 0 Å². The molecule has 3 nitrogen and oxygen atoms in total. The Morgan fingerprint density at radius 1 is 1.67 bits per heavy atom. The van der Waals surface area contributed by atoms with Crippen LogP contribution in [0.4, 0.5) is 0 Å². The average molecular weight is 205 g/mol. The van der Waals surface area contributed by atoms with Crippen LogP contribution in [-0.4, -0.2) is 15.8 Å². The van der Waals surface area contributed by atoms with Crippen LogP contribution in [0.1, 0.15) is 37.6 Å². The molecular formula is C12H19N3. The Balaban J connectivity index is 2.19. The summed E-state index contributed by atoms with van der Waals surface area (Å²) in [6.45, 7) is 2.13. The fourth-order valence-corrected chi connectivity index (χ4v) is 2.10. The summed E-state index contributed by atoms with van der Waals surface area (Å²) < 4.78 is 1.95. The molecule has 0 bridgehead atoms. The third-order valence-electron chi connectivity index (χ3n) is 3.04. The van der Waals surface area contributed by atoms with E-state index >= 15 is 0 Å². The van der Waals surface area contributed by atoms with Crippen molar-refractivity contribution in [2.45, 2.75) is 38.6 Å². The Bertz CT molecular complexity index is 376. The lowest BCUT2D eigenvalue weighted by molar-refractivity contribution is 0.711. The van der Waals surface area contributed by atoms with Gasteiger partial charge in [0.25, 0.3) is 0 Å². The van der Waals surface area contributed by atoms with Gasteiger partial charge < -0.3 is 5.73 Å². The molecule has 2 rings (SSSR count). The summed E-state index contributed by atoms with van der Waals surface area (Å²) in [6, 6.07) is 2.53. The molecule has 1 aliphatic carbocycles. The summed E-state index contributed by atoms with van der Waals surface area (Å²) in [5.41, 5.74) is 9.71. The van der Waals surface area contributed by atoms with Gasteiger partial charge in [-0.05, 0) is 37.8 Å². The summed E-state index contributed by atoms with van der Waals surface area (Å²) >= 11 is 0. The van der Waals surface area contributed by atoms with E-state index in [2.05, 4.69) is 24.2 Å². The van der Waals surface area contributed by atoms with Crippen LogP contribution in [0, 0.1) is 0 Å². The molecule has 15 heavy (non-hydrogen) atoms. The van der Waals surface area contributed by atoms with Gasteiger partial charge in [-0.1, -0.05) is 12.5 Å². The molecule has 1 aromatic heterocycles. The van der Waals surface area contributed by atoms with Gasteiger partial charge in [-0.3, -0.25) is 4.68 Å². The summed E-state index contributed by atoms with van der Waals surface area (Å²) in [6.07, 6.45) is 6.57. The molecule has 1 atom stereocenters. The van der Waals surface area contributed by atoms with E-state index in [9.17, 15) is 0 Å². The van der Waals surface area contributed by atoms with Gasteiger partial charge in [0.1, 0.15) is 0 Å². The third kappa shape index (κ3) is 2.29. The average Bonchev–Trinajstić information content (AvgIpc) is 2.75. The maximum absolute atomic E-state index is 5.88. The first-order chi connectivity index (χ1) is 7.19. The van der Waals surface area contributed by atoms with Gasteiger partial charge >= 0.3 is 0 Å². The highest BCUT2D eigenvalue weighted by molar-refractivity contribution is 5.50. The molecule has 1 saturated carbocycles. The van der Waals surface area contributed by atoms with E-state index in [1.54, 1.807) is 0 Å². The number of nitrogens with two attached hydrogens (primary N) is 1. The van der Waals surface area contributed by atoms with E-state index in [0.29, 0.717) is 6.04 Å². The highest BCUT2D eigenvalue weighted by Crippen LogP contribution is 2.25. The Morgan fingerprint density at radius 3 is 3.00 bits per heavy atom. The predicted molar refractivity (Wildman–Crippen MR) is 62.4 cm³/mol. The van der Waals surface area contributed by atoms with Crippen molar-refractivity contribution in [2.24, 2.45) is 12.8 Å². The van der Waals surface area contributed by atoms with Gasteiger partial charge in [0.2, 0.25) is 0 Å². The Morgan fingerprint density at radius 2 is 2.47 bits per heavy atom. The maximum Gasteiger partial charge on any atom is 0.0628 e. The van der Waals surface area contributed by atoms with E-state index < -0.39 is 0 Å². The van der Waals surface area contributed by atoms with Crippen LogP contribution in [0.15, 0.2) is 11.6 Å². The molecule has 2 N–H and O–H groups in total. The van der Waals surface area contributed by atoms with Crippen LogP contribution < -0.4 is 5.73 Å². The van der Waals surface area contributed by atoms with Crippen molar-refractivity contribution in [1.29, 1.82) is 0 Å². The van der Waals surface area contributed by atoms with Crippen molar-refractivity contribution in [2.75, 3.05) is 0 Å². The molecule has 0 aliphatic heterocycles. The van der Waals surface area contributed by atoms with Crippen LogP contribution in [0.5, 0.6) is 0 Å². The van der Waals surface area contributed by atoms with Gasteiger partial charge in [0.05, 0.1) is 11.4 Å². The van der Waals surface area contributed by atoms with E-state index in [0.717, 1.165) is 31.4 Å². The summed E-state index contributed by atoms with van der Waals surface area (Å²) in [4.78, 5) is 0. The second kappa shape index (κ2) is 4.19. The summed E-state index contributed by atoms with van der Waals surface area (Å²) in [5.74, 6) is 0. The predicted octanol–water partition coefficient (Wildman–Crippen LogP) is 1.88. The maximum atomic E-state index is 5.88. The number of hydrogen-bond acceptors (Lipinski definition) is 2. The SMILES string of the molecule is CCc1cc(C=C2CCC(N)C2)n(C)n1. The van der Waals surface area contributed by atoms with Crippen molar-refractivity contribution in [3.05, 3.63) is 23.0 Å². The highest BCUT2D eigenvalue weighted by atomic mass is 15.3. The number of nitrogens with zero attached hydrogens (tertiary/aromatic N) is 2. The van der Waals surface area contributed by atoms with Crippen LogP contribution in [0.2, 0.25) is 0 Å². The van der Waals surface area contributed by atoms with Crippen molar-refractivity contribution in [1.82, 2.24) is 9.78 Å². The molecule has 1 heterocycles. The number of aromatic nitrogens is 2. The van der Waals surface area contributed by atoms with Crippen LogP contribution in [0.3, 0.4) is 0 Å². The largest absolute Gasteiger partial charge is 0.327 e. The minimum atomic E-state index is 0.370. The van der Waals surface area contributed by atoms with Crippen LogP contribution in [0.25, 0.3) is 6.08 Å². The zero-order valence-electron chi connectivity index (χ0n) is 9.53. The first-order valence-electron chi connectivity index (χ1n) is 5.67. The molecule has 0 radical (unpaired) electrons. The zero-order chi connectivity index (χ0) is 10.8. The third-order valence-corrected chi connectivity index (χ3v) is 3.04. The van der Waals surface area contributed by atoms with E-state index in [-0.39, 0.29) is 0 Å². The molecule has 82 valence electrons. The fourth-order valence-electron chi connectivity index (χ4n) is 2.10. The molecule has 1 unspecified atom stereocenters. The molecule has 1 fully saturated rings. The molecule has 3 heteroatoms. The van der Waals surface area contributed by atoms with Crippen molar-refractivity contribution < 1.29 is 0 Å². The van der Waals surface area contributed by atoms with Crippen LogP contribution in [-0.2, 0) is 13.5 Å². The van der Waals surface area contributed by atoms with Crippen molar-refractivity contribution >= 4 is 6.08 Å². The van der Waals surface area contributed by atoms with Crippen LogP contribution >= 0.6 is 0 Å². The monoisotopic (exact) mass is 205 g/mol. The highest BCUT2D eigenvalue weighted by Gasteiger charge is 2.15. The fraction of sp³-hybridized carbons (Fsp3) is 0.583. The first-order valence-corrected chi connectivity index (χ1v) is 5.67. The number of aryl methyl sites for hydroxylation is 2. The Kier molecular flexibility index (Phi) is 2.91. The van der Waals surface area contributed by atoms with Crippen molar-refractivity contribution in [3.8, 4) is 0 Å². The molecule has 0 spiro atoms. The van der Waals surface area contributed by atoms with E-state index in [1.807, 2.05) is 11.7 Å². The lowest BCUT2D eigenvalue weighted by atomic mass is 10.1. The molecule has 1 aromatic rings. The second-order valence-electron chi connectivity index (χ2n) is 4.34. The standard InChI is InChI=1S/C12H19N3/c1-3-11-8-12(15(2)14-11)7-9-4-5-10(13)6-9/h7-8,10H,3-6,13H2,1-2H3. The normalized spacial score (nSPS) is 23.9. The molecule has 0 aromatic carbocycles. The van der Waals surface area contributed by atoms with E-state index in [1.165, 1.54) is 11.3 Å². The van der Waals surface area contributed by atoms with E-state index in [4.69, 9.17) is 5.73 Å². The molecular weight excluding hydrogens is 186 g/mol. The number of hydrogen-bond donors (Lipinski definition) is 1. The quantitative estimate of drug-likeness (QED) is 0.801. The second-order valence-corrected chi connectivity index (χ2v) is 4.34. The summed E-state index contributed by atoms with van der Waals surface area (Å²) in [5, 5.41) is 4.43. The Hall–Kier alpha value is -1.09. The topological polar surface area (TPSA) is 43.8 Å². The molecule has 1 aliphatic rings. The van der Waals surface area contributed by atoms with Gasteiger partial charge in [0.15, 0.2) is 0 Å². The lowest BCUT2D eigenvalue weighted by Crippen LogP contribution is -2.13. The lowest BCUT2D eigenvalue weighted by Gasteiger charge is -1.98. The minimum Gasteiger partial charge on any atom is -0.327 e. The van der Waals surface area contributed by atoms with Gasteiger partial charge in [0, 0.05) is 13.1 Å². The molecule has 0 saturated heterocycles. The minimum absolute atomic E-state index is 0.370. The van der Waals surface area contributed by atoms with Gasteiger partial charge in [-0.2, -0.15) is 5.10 Å². The first kappa shape index (κ1) is 10.4. The van der Waals surface area contributed by atoms with Crippen molar-refractivity contribution in [3.63, 3.8) is 0 Å². The molecule has 0 amide bonds. The number of rotatable bonds is 2.